The molecular weight excluding hydrogens is 416 g/mol. The Balaban J connectivity index is 1.43. The average Bonchev–Trinajstić information content (AvgIpc) is 3.11. The quantitative estimate of drug-likeness (QED) is 0.452. The highest BCUT2D eigenvalue weighted by molar-refractivity contribution is 5.89. The number of nitrogens with one attached hydrogen (secondary N) is 1. The summed E-state index contributed by atoms with van der Waals surface area (Å²) in [6, 6.07) is 12.6. The number of methoxy groups -OCH3 is 1. The second-order valence-electron chi connectivity index (χ2n) is 9.66. The Kier molecular flexibility index (Phi) is 5.42. The largest absolute Gasteiger partial charge is 0.467 e. The molecule has 5 rings (SSSR count). The molecule has 4 aromatic rings. The van der Waals surface area contributed by atoms with E-state index in [9.17, 15) is 0 Å². The monoisotopic (exact) mass is 446 g/mol. The van der Waals surface area contributed by atoms with Gasteiger partial charge in [0.15, 0.2) is 6.79 Å². The molecule has 8 heteroatoms. The lowest BCUT2D eigenvalue weighted by molar-refractivity contribution is 0.0516. The molecule has 0 atom stereocenters. The van der Waals surface area contributed by atoms with E-state index >= 15 is 0 Å². The number of aryl methyl sites for hydroxylation is 1. The van der Waals surface area contributed by atoms with Gasteiger partial charge in [0.05, 0.1) is 22.2 Å². The summed E-state index contributed by atoms with van der Waals surface area (Å²) in [6.45, 7) is 8.69. The van der Waals surface area contributed by atoms with E-state index < -0.39 is 0 Å². The summed E-state index contributed by atoms with van der Waals surface area (Å²) in [4.78, 5) is 12.0. The highest BCUT2D eigenvalue weighted by Crippen LogP contribution is 2.34. The fraction of sp³-hybridized carbons (Fsp3) is 0.400. The zero-order valence-corrected chi connectivity index (χ0v) is 19.8. The van der Waals surface area contributed by atoms with Gasteiger partial charge in [0.25, 0.3) is 0 Å². The Morgan fingerprint density at radius 3 is 2.55 bits per heavy atom. The van der Waals surface area contributed by atoms with Crippen LogP contribution in [0.15, 0.2) is 42.6 Å². The van der Waals surface area contributed by atoms with E-state index in [4.69, 9.17) is 19.4 Å². The molecule has 0 saturated carbocycles. The topological polar surface area (TPSA) is 77.3 Å². The number of aromatic nitrogens is 4. The third-order valence-corrected chi connectivity index (χ3v) is 5.70. The number of hydrogen-bond donors (Lipinski definition) is 1. The average molecular weight is 447 g/mol. The number of anilines is 1. The molecule has 33 heavy (non-hydrogen) atoms. The molecule has 0 bridgehead atoms. The highest BCUT2D eigenvalue weighted by Gasteiger charge is 2.30. The minimum absolute atomic E-state index is 0.124. The van der Waals surface area contributed by atoms with Gasteiger partial charge in [-0.1, -0.05) is 0 Å². The maximum atomic E-state index is 5.85. The van der Waals surface area contributed by atoms with Gasteiger partial charge in [0, 0.05) is 62.0 Å². The summed E-state index contributed by atoms with van der Waals surface area (Å²) >= 11 is 0. The van der Waals surface area contributed by atoms with Crippen molar-refractivity contribution in [1.29, 1.82) is 0 Å². The minimum Gasteiger partial charge on any atom is -0.467 e. The van der Waals surface area contributed by atoms with Crippen molar-refractivity contribution in [2.45, 2.75) is 32.4 Å². The van der Waals surface area contributed by atoms with Crippen molar-refractivity contribution in [2.24, 2.45) is 7.05 Å². The third kappa shape index (κ3) is 4.49. The molecule has 172 valence electrons. The van der Waals surface area contributed by atoms with Crippen LogP contribution in [0.1, 0.15) is 20.8 Å². The van der Waals surface area contributed by atoms with Gasteiger partial charge in [-0.3, -0.25) is 4.68 Å². The first-order valence-corrected chi connectivity index (χ1v) is 11.2. The fourth-order valence-corrected chi connectivity index (χ4v) is 4.31. The molecular formula is C25H30N6O2. The van der Waals surface area contributed by atoms with E-state index in [0.717, 1.165) is 52.1 Å². The standard InChI is InChI=1S/C25H30N6O2/c1-25(2,3)28-17-13-31(14-17)24-9-8-20-21(27-24)7-6-19(26-20)18-10-16-12-30(4)29-22(16)11-23(18)33-15-32-5/h6-12,17,28H,13-15H2,1-5H3. The lowest BCUT2D eigenvalue weighted by atomic mass is 10.0. The van der Waals surface area contributed by atoms with Crippen LogP contribution in [0.3, 0.4) is 0 Å². The van der Waals surface area contributed by atoms with Crippen LogP contribution in [-0.4, -0.2) is 58.3 Å². The third-order valence-electron chi connectivity index (χ3n) is 5.70. The molecule has 1 aliphatic rings. The van der Waals surface area contributed by atoms with Crippen LogP contribution in [0, 0.1) is 0 Å². The van der Waals surface area contributed by atoms with Crippen LogP contribution in [0.2, 0.25) is 0 Å². The first kappa shape index (κ1) is 21.6. The summed E-state index contributed by atoms with van der Waals surface area (Å²) in [6.07, 6.45) is 1.99. The Labute approximate surface area is 193 Å². The van der Waals surface area contributed by atoms with Gasteiger partial charge >= 0.3 is 0 Å². The number of benzene rings is 1. The molecule has 4 heterocycles. The molecule has 3 aromatic heterocycles. The molecule has 1 aliphatic heterocycles. The Morgan fingerprint density at radius 2 is 1.79 bits per heavy atom. The summed E-state index contributed by atoms with van der Waals surface area (Å²) in [5.41, 5.74) is 4.45. The second kappa shape index (κ2) is 8.28. The molecule has 0 amide bonds. The molecule has 1 fully saturated rings. The molecule has 8 nitrogen and oxygen atoms in total. The van der Waals surface area contributed by atoms with Crippen LogP contribution in [0.5, 0.6) is 5.75 Å². The number of hydrogen-bond acceptors (Lipinski definition) is 7. The van der Waals surface area contributed by atoms with Crippen LogP contribution in [0.25, 0.3) is 33.2 Å². The number of nitrogens with zero attached hydrogens (tertiary/aromatic N) is 5. The van der Waals surface area contributed by atoms with E-state index in [0.29, 0.717) is 11.8 Å². The van der Waals surface area contributed by atoms with Crippen molar-refractivity contribution in [3.8, 4) is 17.0 Å². The molecule has 0 radical (unpaired) electrons. The predicted octanol–water partition coefficient (Wildman–Crippen LogP) is 3.74. The van der Waals surface area contributed by atoms with Crippen molar-refractivity contribution in [3.05, 3.63) is 42.6 Å². The van der Waals surface area contributed by atoms with Crippen LogP contribution in [-0.2, 0) is 11.8 Å². The minimum atomic E-state index is 0.124. The van der Waals surface area contributed by atoms with Crippen molar-refractivity contribution >= 4 is 27.8 Å². The Morgan fingerprint density at radius 1 is 1.03 bits per heavy atom. The summed E-state index contributed by atoms with van der Waals surface area (Å²) in [5.74, 6) is 1.68. The summed E-state index contributed by atoms with van der Waals surface area (Å²) in [5, 5.41) is 9.16. The SMILES string of the molecule is COCOc1cc2nn(C)cc2cc1-c1ccc2nc(N3CC(NC(C)(C)C)C3)ccc2n1. The van der Waals surface area contributed by atoms with Gasteiger partial charge in [0.2, 0.25) is 0 Å². The maximum absolute atomic E-state index is 5.85. The van der Waals surface area contributed by atoms with Gasteiger partial charge in [0.1, 0.15) is 11.6 Å². The zero-order chi connectivity index (χ0) is 23.2. The maximum Gasteiger partial charge on any atom is 0.188 e. The lowest BCUT2D eigenvalue weighted by Gasteiger charge is -2.43. The van der Waals surface area contributed by atoms with Crippen LogP contribution in [0.4, 0.5) is 5.82 Å². The van der Waals surface area contributed by atoms with Crippen molar-refractivity contribution in [2.75, 3.05) is 31.9 Å². The smallest absolute Gasteiger partial charge is 0.188 e. The Bertz CT molecular complexity index is 1300. The molecule has 1 saturated heterocycles. The first-order chi connectivity index (χ1) is 15.8. The van der Waals surface area contributed by atoms with Gasteiger partial charge in [-0.25, -0.2) is 9.97 Å². The summed E-state index contributed by atoms with van der Waals surface area (Å²) in [7, 11) is 3.52. The number of fused-ring (bicyclic) bond motifs is 2. The van der Waals surface area contributed by atoms with E-state index in [1.165, 1.54) is 0 Å². The van der Waals surface area contributed by atoms with E-state index in [1.807, 2.05) is 37.5 Å². The van der Waals surface area contributed by atoms with E-state index in [2.05, 4.69) is 48.2 Å². The second-order valence-corrected chi connectivity index (χ2v) is 9.66. The Hall–Kier alpha value is -3.23. The fourth-order valence-electron chi connectivity index (χ4n) is 4.31. The highest BCUT2D eigenvalue weighted by atomic mass is 16.7. The first-order valence-electron chi connectivity index (χ1n) is 11.2. The molecule has 1 N–H and O–H groups in total. The van der Waals surface area contributed by atoms with Crippen molar-refractivity contribution in [3.63, 3.8) is 0 Å². The van der Waals surface area contributed by atoms with Crippen LogP contribution >= 0.6 is 0 Å². The van der Waals surface area contributed by atoms with Crippen LogP contribution < -0.4 is 15.0 Å². The van der Waals surface area contributed by atoms with E-state index in [1.54, 1.807) is 11.8 Å². The zero-order valence-electron chi connectivity index (χ0n) is 19.8. The lowest BCUT2D eigenvalue weighted by Crippen LogP contribution is -2.62. The molecule has 0 unspecified atom stereocenters. The van der Waals surface area contributed by atoms with Gasteiger partial charge in [-0.05, 0) is 51.1 Å². The predicted molar refractivity (Wildman–Crippen MR) is 131 cm³/mol. The molecule has 1 aromatic carbocycles. The number of rotatable bonds is 6. The van der Waals surface area contributed by atoms with Gasteiger partial charge in [-0.2, -0.15) is 5.10 Å². The number of ether oxygens (including phenoxy) is 2. The number of pyridine rings is 2. The van der Waals surface area contributed by atoms with Gasteiger partial charge < -0.3 is 19.7 Å². The summed E-state index contributed by atoms with van der Waals surface area (Å²) < 4.78 is 12.8. The van der Waals surface area contributed by atoms with E-state index in [-0.39, 0.29) is 12.3 Å². The van der Waals surface area contributed by atoms with Gasteiger partial charge in [-0.15, -0.1) is 0 Å². The molecule has 0 spiro atoms. The molecule has 0 aliphatic carbocycles. The van der Waals surface area contributed by atoms with Crippen molar-refractivity contribution < 1.29 is 9.47 Å². The van der Waals surface area contributed by atoms with Crippen molar-refractivity contribution in [1.82, 2.24) is 25.1 Å². The normalized spacial score (nSPS) is 14.8.